The van der Waals surface area contributed by atoms with Crippen LogP contribution in [-0.2, 0) is 11.3 Å². The fraction of sp³-hybridized carbons (Fsp3) is 0.308. The van der Waals surface area contributed by atoms with Gasteiger partial charge in [0.15, 0.2) is 0 Å². The molecular formula is C26H29N3O3. The highest BCUT2D eigenvalue weighted by atomic mass is 16.5. The van der Waals surface area contributed by atoms with Gasteiger partial charge in [0.25, 0.3) is 5.91 Å². The SMILES string of the molecule is COc1ccccc1/C=C(/C(=O)N1CCN(Cc2c(C)noc2C)CC1)c1ccccc1. The van der Waals surface area contributed by atoms with Crippen molar-refractivity contribution in [2.24, 2.45) is 0 Å². The summed E-state index contributed by atoms with van der Waals surface area (Å²) in [6, 6.07) is 17.6. The van der Waals surface area contributed by atoms with Crippen LogP contribution in [0, 0.1) is 13.8 Å². The van der Waals surface area contributed by atoms with E-state index in [1.807, 2.05) is 79.4 Å². The van der Waals surface area contributed by atoms with Crippen LogP contribution in [0.15, 0.2) is 59.1 Å². The number of benzene rings is 2. The molecule has 0 aliphatic carbocycles. The molecular weight excluding hydrogens is 402 g/mol. The third kappa shape index (κ3) is 4.75. The van der Waals surface area contributed by atoms with Gasteiger partial charge in [-0.05, 0) is 31.6 Å². The molecule has 0 N–H and O–H groups in total. The number of amides is 1. The Morgan fingerprint density at radius 2 is 1.72 bits per heavy atom. The van der Waals surface area contributed by atoms with E-state index in [1.165, 1.54) is 0 Å². The van der Waals surface area contributed by atoms with Crippen LogP contribution in [0.4, 0.5) is 0 Å². The molecule has 3 aromatic rings. The van der Waals surface area contributed by atoms with E-state index in [0.717, 1.165) is 53.5 Å². The van der Waals surface area contributed by atoms with E-state index < -0.39 is 0 Å². The summed E-state index contributed by atoms with van der Waals surface area (Å²) in [4.78, 5) is 17.9. The third-order valence-electron chi connectivity index (χ3n) is 5.98. The van der Waals surface area contributed by atoms with Crippen LogP contribution in [0.25, 0.3) is 11.6 Å². The second-order valence-electron chi connectivity index (χ2n) is 8.04. The molecule has 166 valence electrons. The lowest BCUT2D eigenvalue weighted by Crippen LogP contribution is -2.48. The van der Waals surface area contributed by atoms with Crippen molar-refractivity contribution in [1.29, 1.82) is 0 Å². The topological polar surface area (TPSA) is 58.8 Å². The number of aromatic nitrogens is 1. The van der Waals surface area contributed by atoms with Crippen LogP contribution in [0.1, 0.15) is 28.1 Å². The van der Waals surface area contributed by atoms with Crippen molar-refractivity contribution in [2.45, 2.75) is 20.4 Å². The molecule has 1 saturated heterocycles. The second kappa shape index (κ2) is 9.83. The Hall–Kier alpha value is -3.38. The van der Waals surface area contributed by atoms with Gasteiger partial charge in [-0.1, -0.05) is 53.7 Å². The second-order valence-corrected chi connectivity index (χ2v) is 8.04. The lowest BCUT2D eigenvalue weighted by atomic mass is 10.0. The summed E-state index contributed by atoms with van der Waals surface area (Å²) >= 11 is 0. The zero-order valence-electron chi connectivity index (χ0n) is 18.9. The predicted molar refractivity (Wildman–Crippen MR) is 125 cm³/mol. The Morgan fingerprint density at radius 1 is 1.03 bits per heavy atom. The Bertz CT molecular complexity index is 1080. The highest BCUT2D eigenvalue weighted by Gasteiger charge is 2.25. The molecule has 0 bridgehead atoms. The minimum absolute atomic E-state index is 0.0408. The Labute approximate surface area is 189 Å². The highest BCUT2D eigenvalue weighted by Crippen LogP contribution is 2.27. The molecule has 2 aromatic carbocycles. The van der Waals surface area contributed by atoms with E-state index in [0.29, 0.717) is 18.7 Å². The first-order valence-corrected chi connectivity index (χ1v) is 10.9. The van der Waals surface area contributed by atoms with Crippen LogP contribution in [-0.4, -0.2) is 54.2 Å². The summed E-state index contributed by atoms with van der Waals surface area (Å²) < 4.78 is 10.8. The Kier molecular flexibility index (Phi) is 6.71. The average molecular weight is 432 g/mol. The molecule has 1 aromatic heterocycles. The first-order chi connectivity index (χ1) is 15.6. The van der Waals surface area contributed by atoms with Gasteiger partial charge in [0, 0.05) is 49.4 Å². The van der Waals surface area contributed by atoms with Crippen molar-refractivity contribution in [3.63, 3.8) is 0 Å². The van der Waals surface area contributed by atoms with Crippen LogP contribution in [0.2, 0.25) is 0 Å². The van der Waals surface area contributed by atoms with Gasteiger partial charge in [-0.3, -0.25) is 9.69 Å². The van der Waals surface area contributed by atoms with Gasteiger partial charge in [0.2, 0.25) is 0 Å². The number of hydrogen-bond acceptors (Lipinski definition) is 5. The number of hydrogen-bond donors (Lipinski definition) is 0. The zero-order valence-corrected chi connectivity index (χ0v) is 18.9. The van der Waals surface area contributed by atoms with Crippen molar-refractivity contribution in [2.75, 3.05) is 33.3 Å². The maximum absolute atomic E-state index is 13.6. The maximum Gasteiger partial charge on any atom is 0.254 e. The van der Waals surface area contributed by atoms with Gasteiger partial charge in [-0.15, -0.1) is 0 Å². The van der Waals surface area contributed by atoms with E-state index in [1.54, 1.807) is 7.11 Å². The predicted octanol–water partition coefficient (Wildman–Crippen LogP) is 4.19. The third-order valence-corrected chi connectivity index (χ3v) is 5.98. The average Bonchev–Trinajstić information content (AvgIpc) is 3.15. The molecule has 6 heteroatoms. The summed E-state index contributed by atoms with van der Waals surface area (Å²) in [6.07, 6.45) is 1.94. The van der Waals surface area contributed by atoms with Crippen LogP contribution in [0.5, 0.6) is 5.75 Å². The lowest BCUT2D eigenvalue weighted by molar-refractivity contribution is -0.126. The molecule has 6 nitrogen and oxygen atoms in total. The molecule has 0 spiro atoms. The summed E-state index contributed by atoms with van der Waals surface area (Å²) in [7, 11) is 1.65. The molecule has 2 heterocycles. The van der Waals surface area contributed by atoms with E-state index in [-0.39, 0.29) is 5.91 Å². The summed E-state index contributed by atoms with van der Waals surface area (Å²) in [6.45, 7) is 7.70. The number of piperazine rings is 1. The first kappa shape index (κ1) is 21.8. The molecule has 1 fully saturated rings. The Morgan fingerprint density at radius 3 is 2.38 bits per heavy atom. The summed E-state index contributed by atoms with van der Waals surface area (Å²) in [5.74, 6) is 1.66. The van der Waals surface area contributed by atoms with Crippen molar-refractivity contribution >= 4 is 17.6 Å². The molecule has 1 amide bonds. The van der Waals surface area contributed by atoms with E-state index in [4.69, 9.17) is 9.26 Å². The molecule has 1 aliphatic heterocycles. The number of methoxy groups -OCH3 is 1. The highest BCUT2D eigenvalue weighted by molar-refractivity contribution is 6.24. The van der Waals surface area contributed by atoms with Crippen molar-refractivity contribution in [3.8, 4) is 5.75 Å². The van der Waals surface area contributed by atoms with Crippen LogP contribution in [0.3, 0.4) is 0 Å². The van der Waals surface area contributed by atoms with Crippen molar-refractivity contribution in [1.82, 2.24) is 15.0 Å². The van der Waals surface area contributed by atoms with Crippen LogP contribution < -0.4 is 4.74 Å². The molecule has 4 rings (SSSR count). The monoisotopic (exact) mass is 431 g/mol. The van der Waals surface area contributed by atoms with Crippen LogP contribution >= 0.6 is 0 Å². The van der Waals surface area contributed by atoms with Gasteiger partial charge in [0.1, 0.15) is 11.5 Å². The van der Waals surface area contributed by atoms with Crippen molar-refractivity contribution in [3.05, 3.63) is 82.7 Å². The maximum atomic E-state index is 13.6. The largest absolute Gasteiger partial charge is 0.496 e. The zero-order chi connectivity index (χ0) is 22.5. The number of rotatable bonds is 6. The first-order valence-electron chi connectivity index (χ1n) is 10.9. The fourth-order valence-corrected chi connectivity index (χ4v) is 4.06. The van der Waals surface area contributed by atoms with E-state index in [2.05, 4.69) is 10.1 Å². The number of para-hydroxylation sites is 1. The number of ether oxygens (including phenoxy) is 1. The standard InChI is InChI=1S/C26H29N3O3/c1-19-24(20(2)32-27-19)18-28-13-15-29(16-14-28)26(30)23(21-9-5-4-6-10-21)17-22-11-7-8-12-25(22)31-3/h4-12,17H,13-16,18H2,1-3H3/b23-17+. The number of carbonyl (C=O) groups excluding carboxylic acids is 1. The van der Waals surface area contributed by atoms with Gasteiger partial charge in [-0.2, -0.15) is 0 Å². The molecule has 1 aliphatic rings. The van der Waals surface area contributed by atoms with Gasteiger partial charge in [0.05, 0.1) is 12.8 Å². The van der Waals surface area contributed by atoms with Gasteiger partial charge >= 0.3 is 0 Å². The lowest BCUT2D eigenvalue weighted by Gasteiger charge is -2.35. The number of carbonyl (C=O) groups is 1. The smallest absolute Gasteiger partial charge is 0.254 e. The van der Waals surface area contributed by atoms with E-state index >= 15 is 0 Å². The Balaban J connectivity index is 1.53. The molecule has 0 atom stereocenters. The number of aryl methyl sites for hydroxylation is 2. The quantitative estimate of drug-likeness (QED) is 0.433. The summed E-state index contributed by atoms with van der Waals surface area (Å²) in [5.41, 5.74) is 4.55. The van der Waals surface area contributed by atoms with Crippen molar-refractivity contribution < 1.29 is 14.1 Å². The fourth-order valence-electron chi connectivity index (χ4n) is 4.06. The van der Waals surface area contributed by atoms with Gasteiger partial charge < -0.3 is 14.2 Å². The normalized spacial score (nSPS) is 15.1. The molecule has 0 unspecified atom stereocenters. The summed E-state index contributed by atoms with van der Waals surface area (Å²) in [5, 5.41) is 4.05. The van der Waals surface area contributed by atoms with Gasteiger partial charge in [-0.25, -0.2) is 0 Å². The molecule has 0 radical (unpaired) electrons. The minimum Gasteiger partial charge on any atom is -0.496 e. The molecule has 0 saturated carbocycles. The number of nitrogens with zero attached hydrogens (tertiary/aromatic N) is 3. The molecule has 32 heavy (non-hydrogen) atoms. The van der Waals surface area contributed by atoms with E-state index in [9.17, 15) is 4.79 Å². The minimum atomic E-state index is 0.0408.